The molecule has 1 atom stereocenters. The average Bonchev–Trinajstić information content (AvgIpc) is 3.51. The third-order valence-electron chi connectivity index (χ3n) is 6.10. The minimum atomic E-state index is -4.49. The number of halogens is 5. The summed E-state index contributed by atoms with van der Waals surface area (Å²) in [6.45, 7) is 3.03. The van der Waals surface area contributed by atoms with E-state index in [4.69, 9.17) is 0 Å². The number of rotatable bonds is 4. The highest BCUT2D eigenvalue weighted by atomic mass is 19.4. The van der Waals surface area contributed by atoms with E-state index in [1.165, 1.54) is 31.6 Å². The summed E-state index contributed by atoms with van der Waals surface area (Å²) in [6, 6.07) is 4.48. The van der Waals surface area contributed by atoms with Crippen LogP contribution in [-0.2, 0) is 18.8 Å². The van der Waals surface area contributed by atoms with E-state index in [9.17, 15) is 26.7 Å². The molecule has 5 nitrogen and oxygen atoms in total. The van der Waals surface area contributed by atoms with Gasteiger partial charge in [-0.2, -0.15) is 13.2 Å². The molecule has 0 radical (unpaired) electrons. The van der Waals surface area contributed by atoms with Crippen LogP contribution in [-0.4, -0.2) is 20.5 Å². The first kappa shape index (κ1) is 22.2. The SMILES string of the molecule is Cc1c([C@@H](C)N=c2ncn(C)c3cc(=O)n(C4(C(F)F)CC4)cc23)cccc1C(F)(F)F. The fourth-order valence-electron chi connectivity index (χ4n) is 4.07. The van der Waals surface area contributed by atoms with Crippen molar-refractivity contribution in [3.63, 3.8) is 0 Å². The normalized spacial score (nSPS) is 17.2. The van der Waals surface area contributed by atoms with Gasteiger partial charge in [-0.25, -0.2) is 13.8 Å². The molecule has 0 unspecified atom stereocenters. The summed E-state index contributed by atoms with van der Waals surface area (Å²) in [6.07, 6.45) is -4.04. The molecule has 10 heteroatoms. The van der Waals surface area contributed by atoms with Crippen molar-refractivity contribution < 1.29 is 22.0 Å². The van der Waals surface area contributed by atoms with E-state index in [0.29, 0.717) is 16.5 Å². The smallest absolute Gasteiger partial charge is 0.335 e. The van der Waals surface area contributed by atoms with E-state index in [0.717, 1.165) is 10.6 Å². The van der Waals surface area contributed by atoms with Gasteiger partial charge in [0.15, 0.2) is 5.49 Å². The fraction of sp³-hybridized carbons (Fsp3) is 0.409. The molecule has 170 valence electrons. The van der Waals surface area contributed by atoms with Crippen molar-refractivity contribution in [3.05, 3.63) is 69.3 Å². The summed E-state index contributed by atoms with van der Waals surface area (Å²) in [4.78, 5) is 21.3. The van der Waals surface area contributed by atoms with Gasteiger partial charge >= 0.3 is 6.18 Å². The Hall–Kier alpha value is -3.04. The van der Waals surface area contributed by atoms with E-state index in [-0.39, 0.29) is 23.9 Å². The molecule has 0 spiro atoms. The molecule has 1 aliphatic carbocycles. The van der Waals surface area contributed by atoms with Gasteiger partial charge in [0.1, 0.15) is 5.54 Å². The summed E-state index contributed by atoms with van der Waals surface area (Å²) in [5, 5.41) is 0.373. The van der Waals surface area contributed by atoms with E-state index in [2.05, 4.69) is 9.98 Å². The van der Waals surface area contributed by atoms with E-state index < -0.39 is 35.3 Å². The first-order valence-corrected chi connectivity index (χ1v) is 10.0. The number of hydrogen-bond acceptors (Lipinski definition) is 3. The molecule has 0 saturated heterocycles. The first-order valence-electron chi connectivity index (χ1n) is 10.0. The molecule has 0 N–H and O–H groups in total. The van der Waals surface area contributed by atoms with Crippen molar-refractivity contribution in [1.29, 1.82) is 0 Å². The topological polar surface area (TPSA) is 52.2 Å². The van der Waals surface area contributed by atoms with Crippen molar-refractivity contribution in [3.8, 4) is 0 Å². The zero-order chi connectivity index (χ0) is 23.4. The third kappa shape index (κ3) is 3.61. The molecule has 0 aliphatic heterocycles. The molecule has 0 bridgehead atoms. The number of nitrogens with zero attached hydrogens (tertiary/aromatic N) is 4. The van der Waals surface area contributed by atoms with Crippen LogP contribution in [0.2, 0.25) is 0 Å². The maximum absolute atomic E-state index is 13.6. The lowest BCUT2D eigenvalue weighted by Gasteiger charge is -2.19. The van der Waals surface area contributed by atoms with Gasteiger partial charge in [0.2, 0.25) is 0 Å². The second-order valence-corrected chi connectivity index (χ2v) is 8.19. The Balaban J connectivity index is 1.90. The van der Waals surface area contributed by atoms with Gasteiger partial charge in [-0.3, -0.25) is 9.79 Å². The van der Waals surface area contributed by atoms with Gasteiger partial charge < -0.3 is 9.13 Å². The Bertz CT molecular complexity index is 1320. The summed E-state index contributed by atoms with van der Waals surface area (Å²) >= 11 is 0. The summed E-state index contributed by atoms with van der Waals surface area (Å²) in [5.41, 5.74) is -1.77. The lowest BCUT2D eigenvalue weighted by molar-refractivity contribution is -0.138. The van der Waals surface area contributed by atoms with Crippen LogP contribution in [0, 0.1) is 6.92 Å². The lowest BCUT2D eigenvalue weighted by atomic mass is 9.97. The van der Waals surface area contributed by atoms with Gasteiger partial charge in [-0.15, -0.1) is 0 Å². The molecule has 3 aromatic rings. The van der Waals surface area contributed by atoms with E-state index in [1.54, 1.807) is 24.6 Å². The largest absolute Gasteiger partial charge is 0.416 e. The molecular weight excluding hydrogens is 431 g/mol. The van der Waals surface area contributed by atoms with Crippen molar-refractivity contribution in [1.82, 2.24) is 14.1 Å². The van der Waals surface area contributed by atoms with Crippen LogP contribution in [0.5, 0.6) is 0 Å². The van der Waals surface area contributed by atoms with Gasteiger partial charge in [0, 0.05) is 19.3 Å². The Morgan fingerprint density at radius 1 is 1.22 bits per heavy atom. The predicted molar refractivity (Wildman–Crippen MR) is 108 cm³/mol. The molecule has 2 heterocycles. The number of pyridine rings is 1. The molecule has 0 amide bonds. The van der Waals surface area contributed by atoms with Crippen molar-refractivity contribution in [2.45, 2.75) is 50.9 Å². The molecule has 1 aromatic carbocycles. The highest BCUT2D eigenvalue weighted by molar-refractivity contribution is 5.76. The second-order valence-electron chi connectivity index (χ2n) is 8.19. The van der Waals surface area contributed by atoms with Gasteiger partial charge in [0.05, 0.1) is 28.8 Å². The van der Waals surface area contributed by atoms with Gasteiger partial charge in [-0.1, -0.05) is 12.1 Å². The molecule has 1 fully saturated rings. The molecular formula is C22H21F5N4O. The Morgan fingerprint density at radius 2 is 1.91 bits per heavy atom. The number of aryl methyl sites for hydroxylation is 1. The number of aromatic nitrogens is 3. The monoisotopic (exact) mass is 452 g/mol. The van der Waals surface area contributed by atoms with Crippen LogP contribution < -0.4 is 11.0 Å². The minimum absolute atomic E-state index is 0.0635. The van der Waals surface area contributed by atoms with Crippen LogP contribution in [0.3, 0.4) is 0 Å². The Kier molecular flexibility index (Phi) is 5.21. The van der Waals surface area contributed by atoms with Crippen LogP contribution in [0.1, 0.15) is 42.5 Å². The first-order chi connectivity index (χ1) is 15.0. The van der Waals surface area contributed by atoms with Crippen LogP contribution in [0.4, 0.5) is 22.0 Å². The Morgan fingerprint density at radius 3 is 2.50 bits per heavy atom. The van der Waals surface area contributed by atoms with E-state index in [1.807, 2.05) is 0 Å². The van der Waals surface area contributed by atoms with Gasteiger partial charge in [0.25, 0.3) is 12.0 Å². The van der Waals surface area contributed by atoms with Crippen molar-refractivity contribution in [2.24, 2.45) is 12.0 Å². The number of fused-ring (bicyclic) bond motifs is 1. The third-order valence-corrected chi connectivity index (χ3v) is 6.10. The van der Waals surface area contributed by atoms with Crippen LogP contribution in [0.25, 0.3) is 10.9 Å². The molecule has 32 heavy (non-hydrogen) atoms. The quantitative estimate of drug-likeness (QED) is 0.549. The van der Waals surface area contributed by atoms with Crippen molar-refractivity contribution >= 4 is 10.9 Å². The molecule has 2 aromatic heterocycles. The number of alkyl halides is 5. The zero-order valence-electron chi connectivity index (χ0n) is 17.6. The fourth-order valence-corrected chi connectivity index (χ4v) is 4.07. The standard InChI is InChI=1S/C22H21F5N4O/c1-12-14(5-4-6-16(12)22(25,26)27)13(2)29-19-15-10-31(21(7-8-21)20(23)24)18(32)9-17(15)30(3)11-28-19/h4-6,9-11,13,20H,7-8H2,1-3H3/t13-/m1/s1. The molecule has 1 aliphatic rings. The van der Waals surface area contributed by atoms with Crippen LogP contribution in [0.15, 0.2) is 46.6 Å². The maximum atomic E-state index is 13.6. The van der Waals surface area contributed by atoms with Gasteiger partial charge in [-0.05, 0) is 43.9 Å². The summed E-state index contributed by atoms with van der Waals surface area (Å²) in [5.74, 6) is 0. The predicted octanol–water partition coefficient (Wildman–Crippen LogP) is 4.48. The summed E-state index contributed by atoms with van der Waals surface area (Å²) in [7, 11) is 1.66. The van der Waals surface area contributed by atoms with Crippen LogP contribution >= 0.6 is 0 Å². The highest BCUT2D eigenvalue weighted by Crippen LogP contribution is 2.47. The minimum Gasteiger partial charge on any atom is -0.335 e. The second kappa shape index (κ2) is 7.53. The number of hydrogen-bond donors (Lipinski definition) is 0. The molecule has 1 saturated carbocycles. The Labute approximate surface area is 179 Å². The number of benzene rings is 1. The zero-order valence-corrected chi connectivity index (χ0v) is 17.6. The highest BCUT2D eigenvalue weighted by Gasteiger charge is 2.53. The summed E-state index contributed by atoms with van der Waals surface area (Å²) < 4.78 is 69.8. The lowest BCUT2D eigenvalue weighted by Crippen LogP contribution is -2.35. The maximum Gasteiger partial charge on any atom is 0.416 e. The molecule has 4 rings (SSSR count). The van der Waals surface area contributed by atoms with Crippen molar-refractivity contribution in [2.75, 3.05) is 0 Å². The van der Waals surface area contributed by atoms with E-state index >= 15 is 0 Å². The average molecular weight is 452 g/mol.